The lowest BCUT2D eigenvalue weighted by molar-refractivity contribution is -0.145. The lowest BCUT2D eigenvalue weighted by Gasteiger charge is -1.89. The summed E-state index contributed by atoms with van der Waals surface area (Å²) in [5, 5.41) is 38.5. The molecule has 5 N–H and O–H groups in total. The summed E-state index contributed by atoms with van der Waals surface area (Å²) in [5.41, 5.74) is 0. The minimum atomic E-state index is -1.23. The van der Waals surface area contributed by atoms with Crippen molar-refractivity contribution in [3.8, 4) is 0 Å². The Hall–Kier alpha value is -2.16. The molecule has 0 fully saturated rings. The van der Waals surface area contributed by atoms with Crippen molar-refractivity contribution in [3.05, 3.63) is 0 Å². The van der Waals surface area contributed by atoms with Crippen LogP contribution in [0.1, 0.15) is 19.8 Å². The Morgan fingerprint density at radius 1 is 1.06 bits per heavy atom. The van der Waals surface area contributed by atoms with Gasteiger partial charge in [-0.3, -0.25) is 14.4 Å². The van der Waals surface area contributed by atoms with Gasteiger partial charge in [0.2, 0.25) is 0 Å². The smallest absolute Gasteiger partial charge is 0.332 e. The van der Waals surface area contributed by atoms with Gasteiger partial charge >= 0.3 is 17.9 Å². The molecule has 0 radical (unpaired) electrons. The van der Waals surface area contributed by atoms with Gasteiger partial charge < -0.3 is 25.5 Å². The van der Waals surface area contributed by atoms with Gasteiger partial charge in [0.05, 0.1) is 12.8 Å². The van der Waals surface area contributed by atoms with Gasteiger partial charge in [-0.2, -0.15) is 0 Å². The Morgan fingerprint density at radius 2 is 1.24 bits per heavy atom. The van der Waals surface area contributed by atoms with Crippen LogP contribution < -0.4 is 0 Å². The van der Waals surface area contributed by atoms with Crippen molar-refractivity contribution >= 4 is 24.4 Å². The van der Waals surface area contributed by atoms with Crippen LogP contribution in [-0.2, 0) is 19.2 Å². The third kappa shape index (κ3) is 41.5. The normalized spacial score (nSPS) is 9.53. The van der Waals surface area contributed by atoms with E-state index in [2.05, 4.69) is 0 Å². The maximum Gasteiger partial charge on any atom is 0.332 e. The summed E-state index contributed by atoms with van der Waals surface area (Å²) >= 11 is 0. The molecule has 9 nitrogen and oxygen atoms in total. The molecule has 1 atom stereocenters. The summed E-state index contributed by atoms with van der Waals surface area (Å²) in [4.78, 5) is 37.1. The second-order valence-corrected chi connectivity index (χ2v) is 2.41. The molecule has 100 valence electrons. The summed E-state index contributed by atoms with van der Waals surface area (Å²) < 4.78 is 0. The fourth-order valence-electron chi connectivity index (χ4n) is 0.214. The van der Waals surface area contributed by atoms with E-state index in [-0.39, 0.29) is 19.3 Å². The molecule has 0 aromatic rings. The largest absolute Gasteiger partial charge is 0.483 e. The van der Waals surface area contributed by atoms with E-state index < -0.39 is 24.0 Å². The first-order chi connectivity index (χ1) is 7.68. The highest BCUT2D eigenvalue weighted by Gasteiger charge is 2.01. The van der Waals surface area contributed by atoms with Gasteiger partial charge in [-0.05, 0) is 6.92 Å². The molecule has 0 amide bonds. The van der Waals surface area contributed by atoms with Gasteiger partial charge in [-0.1, -0.05) is 0 Å². The molecular formula is C8H14O9. The first-order valence-corrected chi connectivity index (χ1v) is 4.11. The van der Waals surface area contributed by atoms with Crippen LogP contribution in [0, 0.1) is 0 Å². The molecule has 0 bridgehead atoms. The molecule has 0 saturated heterocycles. The van der Waals surface area contributed by atoms with Crippen molar-refractivity contribution in [1.29, 1.82) is 0 Å². The quantitative estimate of drug-likeness (QED) is 0.398. The summed E-state index contributed by atoms with van der Waals surface area (Å²) in [5.74, 6) is -3.34. The molecule has 0 rings (SSSR count). The molecule has 1 unspecified atom stereocenters. The number of hydrogen-bond acceptors (Lipinski definition) is 5. The van der Waals surface area contributed by atoms with Crippen LogP contribution in [0.15, 0.2) is 0 Å². The van der Waals surface area contributed by atoms with Crippen molar-refractivity contribution in [2.45, 2.75) is 25.9 Å². The van der Waals surface area contributed by atoms with E-state index >= 15 is 0 Å². The Kier molecular flexibility index (Phi) is 16.5. The molecule has 0 spiro atoms. The van der Waals surface area contributed by atoms with Crippen LogP contribution in [0.5, 0.6) is 0 Å². The molecule has 0 aliphatic rings. The summed E-state index contributed by atoms with van der Waals surface area (Å²) in [6.07, 6.45) is -1.82. The predicted molar refractivity (Wildman–Crippen MR) is 52.5 cm³/mol. The van der Waals surface area contributed by atoms with Gasteiger partial charge in [0.15, 0.2) is 0 Å². The van der Waals surface area contributed by atoms with E-state index in [9.17, 15) is 14.4 Å². The van der Waals surface area contributed by atoms with Crippen LogP contribution in [0.4, 0.5) is 0 Å². The van der Waals surface area contributed by atoms with Crippen LogP contribution in [0.3, 0.4) is 0 Å². The Bertz CT molecular complexity index is 231. The van der Waals surface area contributed by atoms with E-state index in [4.69, 9.17) is 30.3 Å². The fourth-order valence-corrected chi connectivity index (χ4v) is 0.214. The third-order valence-corrected chi connectivity index (χ3v) is 0.910. The van der Waals surface area contributed by atoms with Gasteiger partial charge in [0.1, 0.15) is 6.10 Å². The van der Waals surface area contributed by atoms with Gasteiger partial charge in [0, 0.05) is 0 Å². The lowest BCUT2D eigenvalue weighted by atomic mass is 10.3. The molecule has 0 saturated carbocycles. The highest BCUT2D eigenvalue weighted by Crippen LogP contribution is 1.86. The highest BCUT2D eigenvalue weighted by molar-refractivity contribution is 5.75. The number of hydrogen-bond donors (Lipinski definition) is 5. The van der Waals surface area contributed by atoms with Crippen molar-refractivity contribution < 1.29 is 44.7 Å². The number of carboxylic acid groups (broad SMARTS) is 4. The van der Waals surface area contributed by atoms with Crippen molar-refractivity contribution in [2.24, 2.45) is 0 Å². The van der Waals surface area contributed by atoms with E-state index in [0.29, 0.717) is 0 Å². The second-order valence-electron chi connectivity index (χ2n) is 2.41. The van der Waals surface area contributed by atoms with Gasteiger partial charge in [-0.25, -0.2) is 4.79 Å². The average molecular weight is 254 g/mol. The number of rotatable bonds is 4. The van der Waals surface area contributed by atoms with E-state index in [1.54, 1.807) is 0 Å². The molecule has 0 aliphatic carbocycles. The van der Waals surface area contributed by atoms with E-state index in [1.165, 1.54) is 6.92 Å². The van der Waals surface area contributed by atoms with Gasteiger partial charge in [-0.15, -0.1) is 0 Å². The molecule has 9 heteroatoms. The van der Waals surface area contributed by atoms with Crippen molar-refractivity contribution in [1.82, 2.24) is 0 Å². The first kappa shape index (κ1) is 20.3. The number of carboxylic acids is 3. The Labute approximate surface area is 95.9 Å². The molecule has 0 aromatic heterocycles. The SMILES string of the molecule is CC(O)C(=O)O.O=C(O)CCC(=O)O.O=CO. The lowest BCUT2D eigenvalue weighted by Crippen LogP contribution is -2.13. The summed E-state index contributed by atoms with van der Waals surface area (Å²) in [6.45, 7) is 0.947. The summed E-state index contributed by atoms with van der Waals surface area (Å²) in [7, 11) is 0. The van der Waals surface area contributed by atoms with Crippen molar-refractivity contribution in [2.75, 3.05) is 0 Å². The second kappa shape index (κ2) is 13.8. The Balaban J connectivity index is -0.000000193. The average Bonchev–Trinajstić information content (AvgIpc) is 2.16. The minimum Gasteiger partial charge on any atom is -0.483 e. The monoisotopic (exact) mass is 254 g/mol. The van der Waals surface area contributed by atoms with E-state index in [1.807, 2.05) is 0 Å². The topological polar surface area (TPSA) is 169 Å². The zero-order valence-electron chi connectivity index (χ0n) is 8.94. The molecule has 0 aromatic carbocycles. The zero-order chi connectivity index (χ0) is 14.4. The number of aliphatic hydroxyl groups is 1. The number of aliphatic carboxylic acids is 3. The first-order valence-electron chi connectivity index (χ1n) is 4.11. The maximum absolute atomic E-state index is 9.64. The van der Waals surface area contributed by atoms with Crippen LogP contribution in [0.25, 0.3) is 0 Å². The minimum absolute atomic E-state index is 0.250. The highest BCUT2D eigenvalue weighted by atomic mass is 16.4. The molecular weight excluding hydrogens is 240 g/mol. The van der Waals surface area contributed by atoms with Crippen molar-refractivity contribution in [3.63, 3.8) is 0 Å². The van der Waals surface area contributed by atoms with Crippen LogP contribution >= 0.6 is 0 Å². The van der Waals surface area contributed by atoms with Crippen LogP contribution in [0.2, 0.25) is 0 Å². The number of carbonyl (C=O) groups is 4. The maximum atomic E-state index is 9.64. The van der Waals surface area contributed by atoms with Crippen LogP contribution in [-0.4, -0.2) is 56.0 Å². The molecule has 0 aliphatic heterocycles. The predicted octanol–water partition coefficient (Wildman–Crippen LogP) is -0.912. The molecule has 0 heterocycles. The molecule has 17 heavy (non-hydrogen) atoms. The van der Waals surface area contributed by atoms with Gasteiger partial charge in [0.25, 0.3) is 6.47 Å². The number of aliphatic hydroxyl groups excluding tert-OH is 1. The fraction of sp³-hybridized carbons (Fsp3) is 0.500. The summed E-state index contributed by atoms with van der Waals surface area (Å²) in [6, 6.07) is 0. The van der Waals surface area contributed by atoms with E-state index in [0.717, 1.165) is 0 Å². The Morgan fingerprint density at radius 3 is 1.29 bits per heavy atom. The standard InChI is InChI=1S/C4H6O4.C3H6O3.CH2O2/c5-3(6)1-2-4(7)8;1-2(4)3(5)6;2-1-3/h1-2H2,(H,5,6)(H,7,8);2,4H,1H3,(H,5,6);1H,(H,2,3). The zero-order valence-corrected chi connectivity index (χ0v) is 8.94. The third-order valence-electron chi connectivity index (χ3n) is 0.910.